The van der Waals surface area contributed by atoms with E-state index in [9.17, 15) is 8.42 Å². The lowest BCUT2D eigenvalue weighted by atomic mass is 10.3. The van der Waals surface area contributed by atoms with Gasteiger partial charge >= 0.3 is 0 Å². The van der Waals surface area contributed by atoms with Crippen LogP contribution in [0.2, 0.25) is 5.02 Å². The van der Waals surface area contributed by atoms with Crippen molar-refractivity contribution in [1.29, 1.82) is 0 Å². The van der Waals surface area contributed by atoms with E-state index in [1.165, 1.54) is 0 Å². The van der Waals surface area contributed by atoms with Crippen molar-refractivity contribution >= 4 is 21.4 Å². The molecule has 0 radical (unpaired) electrons. The Bertz CT molecular complexity index is 497. The maximum atomic E-state index is 11.3. The number of hydrogen-bond acceptors (Lipinski definition) is 4. The summed E-state index contributed by atoms with van der Waals surface area (Å²) in [4.78, 5) is 0. The number of rotatable bonds is 7. The Morgan fingerprint density at radius 1 is 1.39 bits per heavy atom. The average molecular weight is 294 g/mol. The normalized spacial score (nSPS) is 12.0. The van der Waals surface area contributed by atoms with Gasteiger partial charge in [-0.25, -0.2) is 8.42 Å². The Morgan fingerprint density at radius 3 is 2.61 bits per heavy atom. The van der Waals surface area contributed by atoms with Gasteiger partial charge in [0.1, 0.15) is 0 Å². The molecule has 0 amide bonds. The van der Waals surface area contributed by atoms with E-state index in [-0.39, 0.29) is 11.5 Å². The van der Waals surface area contributed by atoms with Crippen molar-refractivity contribution in [2.24, 2.45) is 0 Å². The van der Waals surface area contributed by atoms with Gasteiger partial charge in [0.25, 0.3) is 0 Å². The van der Waals surface area contributed by atoms with Crippen LogP contribution in [0.1, 0.15) is 25.2 Å². The molecule has 0 fully saturated rings. The highest BCUT2D eigenvalue weighted by Crippen LogP contribution is 2.19. The summed E-state index contributed by atoms with van der Waals surface area (Å²) < 4.78 is 24.5. The van der Waals surface area contributed by atoms with Crippen LogP contribution in [-0.4, -0.2) is 36.2 Å². The van der Waals surface area contributed by atoms with E-state index in [4.69, 9.17) is 11.6 Å². The van der Waals surface area contributed by atoms with Gasteiger partial charge in [0, 0.05) is 25.4 Å². The molecule has 18 heavy (non-hydrogen) atoms. The summed E-state index contributed by atoms with van der Waals surface area (Å²) in [5.74, 6) is 0.335. The molecular formula is C11H20ClN3O2S. The zero-order chi connectivity index (χ0) is 13.8. The van der Waals surface area contributed by atoms with Gasteiger partial charge in [-0.3, -0.25) is 4.68 Å². The van der Waals surface area contributed by atoms with E-state index in [0.717, 1.165) is 17.9 Å². The van der Waals surface area contributed by atoms with Crippen LogP contribution in [0.3, 0.4) is 0 Å². The van der Waals surface area contributed by atoms with Crippen molar-refractivity contribution in [3.05, 3.63) is 16.4 Å². The summed E-state index contributed by atoms with van der Waals surface area (Å²) in [6, 6.07) is 0. The van der Waals surface area contributed by atoms with Gasteiger partial charge in [-0.15, -0.1) is 0 Å². The Morgan fingerprint density at radius 2 is 2.06 bits per heavy atom. The van der Waals surface area contributed by atoms with Crippen LogP contribution >= 0.6 is 11.6 Å². The summed E-state index contributed by atoms with van der Waals surface area (Å²) in [6.07, 6.45) is 0. The number of sulfone groups is 1. The molecule has 0 aliphatic heterocycles. The molecule has 0 saturated carbocycles. The van der Waals surface area contributed by atoms with Gasteiger partial charge in [0.15, 0.2) is 9.84 Å². The molecule has 0 saturated heterocycles. The monoisotopic (exact) mass is 293 g/mol. The van der Waals surface area contributed by atoms with Crippen molar-refractivity contribution < 1.29 is 8.42 Å². The zero-order valence-corrected chi connectivity index (χ0v) is 12.6. The molecule has 104 valence electrons. The standard InChI is InChI=1S/C11H20ClN3O2S/c1-4-15-10(11(12)9(3)14-15)8-13-6-7-18(16,17)5-2/h13H,4-8H2,1-3H3. The van der Waals surface area contributed by atoms with Crippen LogP contribution in [0.5, 0.6) is 0 Å². The first-order valence-corrected chi connectivity index (χ1v) is 8.24. The predicted molar refractivity (Wildman–Crippen MR) is 73.7 cm³/mol. The molecule has 0 bridgehead atoms. The van der Waals surface area contributed by atoms with E-state index < -0.39 is 9.84 Å². The first kappa shape index (κ1) is 15.5. The van der Waals surface area contributed by atoms with Crippen LogP contribution in [-0.2, 0) is 22.9 Å². The highest BCUT2D eigenvalue weighted by Gasteiger charge is 2.12. The van der Waals surface area contributed by atoms with E-state index in [2.05, 4.69) is 10.4 Å². The second-order valence-corrected chi connectivity index (χ2v) is 6.93. The third-order valence-corrected chi connectivity index (χ3v) is 4.97. The summed E-state index contributed by atoms with van der Waals surface area (Å²) in [5, 5.41) is 8.05. The molecule has 1 rings (SSSR count). The van der Waals surface area contributed by atoms with Gasteiger partial charge in [-0.2, -0.15) is 5.10 Å². The van der Waals surface area contributed by atoms with Gasteiger partial charge in [-0.1, -0.05) is 18.5 Å². The topological polar surface area (TPSA) is 64.0 Å². The van der Waals surface area contributed by atoms with Crippen LogP contribution in [0.4, 0.5) is 0 Å². The number of aryl methyl sites for hydroxylation is 2. The minimum absolute atomic E-state index is 0.153. The zero-order valence-electron chi connectivity index (χ0n) is 11.0. The van der Waals surface area contributed by atoms with Gasteiger partial charge in [0.2, 0.25) is 0 Å². The first-order valence-electron chi connectivity index (χ1n) is 6.04. The SMILES string of the molecule is CCn1nc(C)c(Cl)c1CNCCS(=O)(=O)CC. The average Bonchev–Trinajstić information content (AvgIpc) is 2.61. The molecule has 1 aromatic rings. The van der Waals surface area contributed by atoms with E-state index in [1.807, 2.05) is 18.5 Å². The molecule has 0 atom stereocenters. The molecule has 0 aliphatic rings. The number of nitrogens with zero attached hydrogens (tertiary/aromatic N) is 2. The lowest BCUT2D eigenvalue weighted by molar-refractivity contribution is 0.576. The predicted octanol–water partition coefficient (Wildman–Crippen LogP) is 1.39. The molecule has 0 aliphatic carbocycles. The molecule has 1 aromatic heterocycles. The minimum Gasteiger partial charge on any atom is -0.310 e. The summed E-state index contributed by atoms with van der Waals surface area (Å²) >= 11 is 6.15. The molecule has 0 spiro atoms. The number of aromatic nitrogens is 2. The largest absolute Gasteiger partial charge is 0.310 e. The highest BCUT2D eigenvalue weighted by atomic mass is 35.5. The lowest BCUT2D eigenvalue weighted by Crippen LogP contribution is -2.24. The minimum atomic E-state index is -2.91. The van der Waals surface area contributed by atoms with Crippen LogP contribution in [0, 0.1) is 6.92 Å². The molecule has 1 N–H and O–H groups in total. The van der Waals surface area contributed by atoms with Gasteiger partial charge < -0.3 is 5.32 Å². The molecule has 7 heteroatoms. The van der Waals surface area contributed by atoms with Crippen LogP contribution in [0.15, 0.2) is 0 Å². The Kier molecular flexibility index (Phi) is 5.62. The quantitative estimate of drug-likeness (QED) is 0.772. The smallest absolute Gasteiger partial charge is 0.151 e. The van der Waals surface area contributed by atoms with Crippen molar-refractivity contribution in [3.8, 4) is 0 Å². The fourth-order valence-electron chi connectivity index (χ4n) is 1.62. The molecule has 5 nitrogen and oxygen atoms in total. The van der Waals surface area contributed by atoms with E-state index in [1.54, 1.807) is 6.92 Å². The van der Waals surface area contributed by atoms with Crippen molar-refractivity contribution in [3.63, 3.8) is 0 Å². The lowest BCUT2D eigenvalue weighted by Gasteiger charge is -2.07. The Labute approximate surface area is 113 Å². The second kappa shape index (κ2) is 6.54. The van der Waals surface area contributed by atoms with Crippen molar-refractivity contribution in [2.75, 3.05) is 18.1 Å². The number of nitrogens with one attached hydrogen (secondary N) is 1. The van der Waals surface area contributed by atoms with E-state index in [0.29, 0.717) is 18.1 Å². The maximum Gasteiger partial charge on any atom is 0.151 e. The maximum absolute atomic E-state index is 11.3. The fraction of sp³-hybridized carbons (Fsp3) is 0.727. The second-order valence-electron chi connectivity index (χ2n) is 4.07. The first-order chi connectivity index (χ1) is 8.41. The summed E-state index contributed by atoms with van der Waals surface area (Å²) in [5.41, 5.74) is 1.71. The third kappa shape index (κ3) is 3.96. The van der Waals surface area contributed by atoms with Crippen molar-refractivity contribution in [1.82, 2.24) is 15.1 Å². The Hall–Kier alpha value is -0.590. The number of halogens is 1. The Balaban J connectivity index is 2.54. The summed E-state index contributed by atoms with van der Waals surface area (Å²) in [7, 11) is -2.91. The third-order valence-electron chi connectivity index (χ3n) is 2.77. The molecular weight excluding hydrogens is 274 g/mol. The molecule has 0 aromatic carbocycles. The number of hydrogen-bond donors (Lipinski definition) is 1. The van der Waals surface area contributed by atoms with Gasteiger partial charge in [0.05, 0.1) is 22.2 Å². The molecule has 0 unspecified atom stereocenters. The summed E-state index contributed by atoms with van der Waals surface area (Å²) in [6.45, 7) is 7.22. The fourth-order valence-corrected chi connectivity index (χ4v) is 2.56. The van der Waals surface area contributed by atoms with Crippen molar-refractivity contribution in [2.45, 2.75) is 33.9 Å². The van der Waals surface area contributed by atoms with Crippen LogP contribution in [0.25, 0.3) is 0 Å². The van der Waals surface area contributed by atoms with E-state index >= 15 is 0 Å². The van der Waals surface area contributed by atoms with Gasteiger partial charge in [-0.05, 0) is 13.8 Å². The van der Waals surface area contributed by atoms with Crippen LogP contribution < -0.4 is 5.32 Å². The molecule has 1 heterocycles. The highest BCUT2D eigenvalue weighted by molar-refractivity contribution is 7.91.